The molecule has 0 aliphatic rings. The lowest BCUT2D eigenvalue weighted by molar-refractivity contribution is -0.143. The van der Waals surface area contributed by atoms with Gasteiger partial charge in [0.15, 0.2) is 0 Å². The third-order valence-electron chi connectivity index (χ3n) is 18.6. The van der Waals surface area contributed by atoms with Crippen molar-refractivity contribution in [1.29, 1.82) is 0 Å². The van der Waals surface area contributed by atoms with Gasteiger partial charge in [-0.2, -0.15) is 0 Å². The molecule has 0 saturated carbocycles. The zero-order valence-electron chi connectivity index (χ0n) is 57.4. The highest BCUT2D eigenvalue weighted by Gasteiger charge is 2.18. The zero-order valence-corrected chi connectivity index (χ0v) is 57.4. The van der Waals surface area contributed by atoms with Crippen LogP contribution in [0.2, 0.25) is 0 Å². The van der Waals surface area contributed by atoms with Crippen LogP contribution in [0.25, 0.3) is 0 Å². The molecule has 2 atom stereocenters. The molecule has 500 valence electrons. The molecule has 0 aromatic rings. The molecule has 0 aliphatic carbocycles. The van der Waals surface area contributed by atoms with Gasteiger partial charge in [0.1, 0.15) is 0 Å². The van der Waals surface area contributed by atoms with Crippen molar-refractivity contribution in [3.8, 4) is 0 Å². The van der Waals surface area contributed by atoms with E-state index in [1.165, 1.54) is 385 Å². The van der Waals surface area contributed by atoms with Crippen molar-refractivity contribution in [2.75, 3.05) is 13.2 Å². The molecule has 6 heteroatoms. The summed E-state index contributed by atoms with van der Waals surface area (Å²) in [6, 6.07) is -0.625. The van der Waals surface area contributed by atoms with Gasteiger partial charge >= 0.3 is 5.97 Å². The van der Waals surface area contributed by atoms with Gasteiger partial charge in [-0.15, -0.1) is 0 Å². The van der Waals surface area contributed by atoms with E-state index in [1.54, 1.807) is 6.08 Å². The number of allylic oxidation sites excluding steroid dienone is 1. The Morgan fingerprint density at radius 3 is 0.810 bits per heavy atom. The van der Waals surface area contributed by atoms with E-state index in [4.69, 9.17) is 4.74 Å². The molecule has 0 aliphatic heterocycles. The summed E-state index contributed by atoms with van der Waals surface area (Å²) in [5.74, 6) is -0.0344. The highest BCUT2D eigenvalue weighted by molar-refractivity contribution is 5.76. The van der Waals surface area contributed by atoms with E-state index in [9.17, 15) is 19.8 Å². The smallest absolute Gasteiger partial charge is 0.305 e. The quantitative estimate of drug-likeness (QED) is 0.0320. The summed E-state index contributed by atoms with van der Waals surface area (Å²) in [6.45, 7) is 4.97. The van der Waals surface area contributed by atoms with Crippen molar-refractivity contribution in [3.63, 3.8) is 0 Å². The molecule has 0 radical (unpaired) electrons. The van der Waals surface area contributed by atoms with Crippen LogP contribution >= 0.6 is 0 Å². The molecule has 0 spiro atoms. The maximum atomic E-state index is 12.5. The number of hydrogen-bond acceptors (Lipinski definition) is 5. The van der Waals surface area contributed by atoms with Gasteiger partial charge in [0.2, 0.25) is 5.91 Å². The van der Waals surface area contributed by atoms with Crippen molar-refractivity contribution in [2.24, 2.45) is 0 Å². The van der Waals surface area contributed by atoms with E-state index in [0.29, 0.717) is 19.4 Å². The molecule has 84 heavy (non-hydrogen) atoms. The van der Waals surface area contributed by atoms with Gasteiger partial charge in [-0.3, -0.25) is 9.59 Å². The Labute approximate surface area is 527 Å². The van der Waals surface area contributed by atoms with Gasteiger partial charge < -0.3 is 20.3 Å². The fourth-order valence-corrected chi connectivity index (χ4v) is 12.6. The molecule has 2 unspecified atom stereocenters. The third kappa shape index (κ3) is 69.7. The molecular weight excluding hydrogens is 1030 g/mol. The number of carbonyl (C=O) groups is 2. The normalized spacial score (nSPS) is 12.5. The second kappa shape index (κ2) is 74.1. The Hall–Kier alpha value is -1.40. The number of nitrogens with one attached hydrogen (secondary N) is 1. The van der Waals surface area contributed by atoms with Crippen molar-refractivity contribution in [2.45, 2.75) is 463 Å². The zero-order chi connectivity index (χ0) is 60.6. The predicted molar refractivity (Wildman–Crippen MR) is 370 cm³/mol. The summed E-state index contributed by atoms with van der Waals surface area (Å²) in [5, 5.41) is 23.3. The number of unbranched alkanes of at least 4 members (excludes halogenated alkanes) is 63. The van der Waals surface area contributed by atoms with Crippen LogP contribution in [-0.2, 0) is 14.3 Å². The molecular formula is C78H153NO5. The van der Waals surface area contributed by atoms with E-state index < -0.39 is 12.1 Å². The standard InChI is InChI=1S/C78H153NO5/c1-3-5-7-9-11-13-15-17-19-21-22-33-36-39-42-46-50-54-58-62-66-70-76(81)75(74-80)79-77(82)71-67-63-59-55-51-47-43-40-37-34-31-29-27-25-23-24-26-28-30-32-35-38-41-45-49-53-57-61-65-69-73-84-78(83)72-68-64-60-56-52-48-44-20-18-16-14-12-10-8-6-4-2/h66,70,75-76,80-81H,3-65,67-69,71-74H2,1-2H3,(H,79,82)/b70-66+. The van der Waals surface area contributed by atoms with Crippen LogP contribution in [0.3, 0.4) is 0 Å². The summed E-state index contributed by atoms with van der Waals surface area (Å²) in [6.07, 6.45) is 93.3. The van der Waals surface area contributed by atoms with Crippen molar-refractivity contribution in [1.82, 2.24) is 5.32 Å². The van der Waals surface area contributed by atoms with E-state index in [-0.39, 0.29) is 18.5 Å². The van der Waals surface area contributed by atoms with E-state index >= 15 is 0 Å². The third-order valence-corrected chi connectivity index (χ3v) is 18.6. The fraction of sp³-hybridized carbons (Fsp3) is 0.949. The van der Waals surface area contributed by atoms with Crippen LogP contribution in [0.1, 0.15) is 450 Å². The van der Waals surface area contributed by atoms with Crippen LogP contribution in [0.4, 0.5) is 0 Å². The summed E-state index contributed by atoms with van der Waals surface area (Å²) in [4.78, 5) is 24.6. The molecule has 0 heterocycles. The van der Waals surface area contributed by atoms with Crippen molar-refractivity contribution in [3.05, 3.63) is 12.2 Å². The highest BCUT2D eigenvalue weighted by atomic mass is 16.5. The SMILES string of the molecule is CCCCCCCCCCCCCCCCCCCCC/C=C/C(O)C(CO)NC(=O)CCCCCCCCCCCCCCCCCCCCCCCCCCCCCCCCOC(=O)CCCCCCCCCCCCCCCCCC. The Morgan fingerprint density at radius 2 is 0.548 bits per heavy atom. The van der Waals surface area contributed by atoms with Gasteiger partial charge in [0.25, 0.3) is 0 Å². The van der Waals surface area contributed by atoms with Crippen LogP contribution in [0, 0.1) is 0 Å². The Bertz CT molecular complexity index is 1270. The molecule has 0 saturated heterocycles. The Balaban J connectivity index is 3.34. The summed E-state index contributed by atoms with van der Waals surface area (Å²) in [5.41, 5.74) is 0. The average molecular weight is 1190 g/mol. The second-order valence-electron chi connectivity index (χ2n) is 27.1. The number of aliphatic hydroxyl groups is 2. The lowest BCUT2D eigenvalue weighted by Gasteiger charge is -2.20. The van der Waals surface area contributed by atoms with E-state index in [2.05, 4.69) is 19.2 Å². The number of ether oxygens (including phenoxy) is 1. The van der Waals surface area contributed by atoms with Crippen LogP contribution < -0.4 is 5.32 Å². The molecule has 3 N–H and O–H groups in total. The molecule has 0 aromatic heterocycles. The van der Waals surface area contributed by atoms with Crippen molar-refractivity contribution >= 4 is 11.9 Å². The molecule has 0 aromatic carbocycles. The number of esters is 1. The van der Waals surface area contributed by atoms with Gasteiger partial charge in [-0.05, 0) is 32.1 Å². The number of amides is 1. The molecule has 0 fully saturated rings. The van der Waals surface area contributed by atoms with Gasteiger partial charge in [-0.1, -0.05) is 418 Å². The number of rotatable bonds is 74. The number of aliphatic hydroxyl groups excluding tert-OH is 2. The fourth-order valence-electron chi connectivity index (χ4n) is 12.6. The van der Waals surface area contributed by atoms with Crippen LogP contribution in [0.15, 0.2) is 12.2 Å². The minimum Gasteiger partial charge on any atom is -0.466 e. The number of hydrogen-bond donors (Lipinski definition) is 3. The Kier molecular flexibility index (Phi) is 72.8. The minimum atomic E-state index is -0.842. The second-order valence-corrected chi connectivity index (χ2v) is 27.1. The van der Waals surface area contributed by atoms with Gasteiger partial charge in [-0.25, -0.2) is 0 Å². The molecule has 0 rings (SSSR count). The van der Waals surface area contributed by atoms with Gasteiger partial charge in [0, 0.05) is 12.8 Å². The summed E-state index contributed by atoms with van der Waals surface area (Å²) in [7, 11) is 0. The first-order valence-corrected chi connectivity index (χ1v) is 39.0. The van der Waals surface area contributed by atoms with Crippen LogP contribution in [-0.4, -0.2) is 47.4 Å². The monoisotopic (exact) mass is 1180 g/mol. The Morgan fingerprint density at radius 1 is 0.321 bits per heavy atom. The van der Waals surface area contributed by atoms with Gasteiger partial charge in [0.05, 0.1) is 25.4 Å². The van der Waals surface area contributed by atoms with Crippen molar-refractivity contribution < 1.29 is 24.5 Å². The first-order chi connectivity index (χ1) is 41.5. The summed E-state index contributed by atoms with van der Waals surface area (Å²) >= 11 is 0. The largest absolute Gasteiger partial charge is 0.466 e. The maximum absolute atomic E-state index is 12.5. The predicted octanol–water partition coefficient (Wildman–Crippen LogP) is 25.5. The highest BCUT2D eigenvalue weighted by Crippen LogP contribution is 2.20. The number of carbonyl (C=O) groups excluding carboxylic acids is 2. The molecule has 0 bridgehead atoms. The summed E-state index contributed by atoms with van der Waals surface area (Å²) < 4.78 is 5.51. The lowest BCUT2D eigenvalue weighted by atomic mass is 10.0. The molecule has 1 amide bonds. The average Bonchev–Trinajstić information content (AvgIpc) is 3.51. The van der Waals surface area contributed by atoms with Crippen LogP contribution in [0.5, 0.6) is 0 Å². The van der Waals surface area contributed by atoms with E-state index in [0.717, 1.165) is 38.5 Å². The first-order valence-electron chi connectivity index (χ1n) is 39.0. The topological polar surface area (TPSA) is 95.9 Å². The molecule has 6 nitrogen and oxygen atoms in total. The maximum Gasteiger partial charge on any atom is 0.305 e. The minimum absolute atomic E-state index is 0.0245. The lowest BCUT2D eigenvalue weighted by Crippen LogP contribution is -2.45. The van der Waals surface area contributed by atoms with E-state index in [1.807, 2.05) is 6.08 Å². The first kappa shape index (κ1) is 82.6.